The van der Waals surface area contributed by atoms with Gasteiger partial charge in [-0.3, -0.25) is 0 Å². The molecule has 0 bridgehead atoms. The van der Waals surface area contributed by atoms with E-state index in [9.17, 15) is 0 Å². The minimum absolute atomic E-state index is 0.703. The van der Waals surface area contributed by atoms with E-state index in [4.69, 9.17) is 0 Å². The SMILES string of the molecule is c1nn2cc(C3CCCC3)nc2s1. The minimum Gasteiger partial charge on any atom is -0.222 e. The molecular weight excluding hydrogens is 182 g/mol. The van der Waals surface area contributed by atoms with Gasteiger partial charge in [0.2, 0.25) is 4.96 Å². The van der Waals surface area contributed by atoms with Crippen molar-refractivity contribution in [3.8, 4) is 0 Å². The molecule has 0 atom stereocenters. The van der Waals surface area contributed by atoms with Gasteiger partial charge < -0.3 is 0 Å². The first-order chi connectivity index (χ1) is 6.43. The first kappa shape index (κ1) is 7.50. The van der Waals surface area contributed by atoms with Crippen molar-refractivity contribution in [2.75, 3.05) is 0 Å². The predicted molar refractivity (Wildman–Crippen MR) is 52.1 cm³/mol. The van der Waals surface area contributed by atoms with Crippen LogP contribution in [-0.4, -0.2) is 14.6 Å². The molecule has 3 rings (SSSR count). The predicted octanol–water partition coefficient (Wildman–Crippen LogP) is 2.45. The van der Waals surface area contributed by atoms with E-state index in [-0.39, 0.29) is 0 Å². The Morgan fingerprint density at radius 2 is 2.23 bits per heavy atom. The Morgan fingerprint density at radius 3 is 3.00 bits per heavy atom. The summed E-state index contributed by atoms with van der Waals surface area (Å²) < 4.78 is 1.89. The lowest BCUT2D eigenvalue weighted by molar-refractivity contribution is 0.702. The largest absolute Gasteiger partial charge is 0.222 e. The fraction of sp³-hybridized carbons (Fsp3) is 0.556. The molecule has 0 saturated heterocycles. The lowest BCUT2D eigenvalue weighted by atomic mass is 10.1. The van der Waals surface area contributed by atoms with Crippen LogP contribution >= 0.6 is 11.3 Å². The van der Waals surface area contributed by atoms with Crippen molar-refractivity contribution in [2.24, 2.45) is 0 Å². The van der Waals surface area contributed by atoms with Crippen molar-refractivity contribution in [3.63, 3.8) is 0 Å². The molecule has 0 aliphatic heterocycles. The summed E-state index contributed by atoms with van der Waals surface area (Å²) in [5.74, 6) is 0.703. The highest BCUT2D eigenvalue weighted by atomic mass is 32.1. The summed E-state index contributed by atoms with van der Waals surface area (Å²) in [5, 5.41) is 4.18. The van der Waals surface area contributed by atoms with Crippen molar-refractivity contribution in [1.29, 1.82) is 0 Å². The second kappa shape index (κ2) is 2.80. The molecule has 0 unspecified atom stereocenters. The van der Waals surface area contributed by atoms with Gasteiger partial charge in [-0.2, -0.15) is 5.10 Å². The zero-order valence-electron chi connectivity index (χ0n) is 7.31. The number of aromatic nitrogens is 3. The Kier molecular flexibility index (Phi) is 1.62. The zero-order valence-corrected chi connectivity index (χ0v) is 8.13. The highest BCUT2D eigenvalue weighted by molar-refractivity contribution is 7.14. The first-order valence-electron chi connectivity index (χ1n) is 4.72. The number of fused-ring (bicyclic) bond motifs is 1. The topological polar surface area (TPSA) is 30.2 Å². The van der Waals surface area contributed by atoms with Crippen LogP contribution in [0.4, 0.5) is 0 Å². The third-order valence-electron chi connectivity index (χ3n) is 2.78. The van der Waals surface area contributed by atoms with Crippen LogP contribution in [0.1, 0.15) is 37.3 Å². The van der Waals surface area contributed by atoms with E-state index in [1.807, 2.05) is 10.0 Å². The van der Waals surface area contributed by atoms with Crippen LogP contribution < -0.4 is 0 Å². The maximum absolute atomic E-state index is 4.57. The molecule has 4 heteroatoms. The van der Waals surface area contributed by atoms with E-state index in [1.165, 1.54) is 31.4 Å². The molecule has 1 aliphatic carbocycles. The molecule has 0 radical (unpaired) electrons. The van der Waals surface area contributed by atoms with Gasteiger partial charge in [0.1, 0.15) is 5.51 Å². The second-order valence-corrected chi connectivity index (χ2v) is 4.42. The summed E-state index contributed by atoms with van der Waals surface area (Å²) >= 11 is 1.61. The number of nitrogens with zero attached hydrogens (tertiary/aromatic N) is 3. The summed E-state index contributed by atoms with van der Waals surface area (Å²) in [6, 6.07) is 0. The fourth-order valence-corrected chi connectivity index (χ4v) is 2.68. The van der Waals surface area contributed by atoms with Gasteiger partial charge in [-0.1, -0.05) is 24.2 Å². The van der Waals surface area contributed by atoms with E-state index in [1.54, 1.807) is 11.3 Å². The number of hydrogen-bond donors (Lipinski definition) is 0. The lowest BCUT2D eigenvalue weighted by Gasteiger charge is -2.01. The average Bonchev–Trinajstić information content (AvgIpc) is 2.78. The summed E-state index contributed by atoms with van der Waals surface area (Å²) in [4.78, 5) is 5.60. The van der Waals surface area contributed by atoms with Crippen molar-refractivity contribution in [1.82, 2.24) is 14.6 Å². The van der Waals surface area contributed by atoms with Crippen molar-refractivity contribution < 1.29 is 0 Å². The van der Waals surface area contributed by atoms with E-state index in [2.05, 4.69) is 16.3 Å². The number of rotatable bonds is 1. The van der Waals surface area contributed by atoms with Crippen LogP contribution in [0.3, 0.4) is 0 Å². The van der Waals surface area contributed by atoms with Crippen LogP contribution in [0.25, 0.3) is 4.96 Å². The molecule has 2 aromatic heterocycles. The molecule has 0 N–H and O–H groups in total. The Labute approximate surface area is 80.4 Å². The minimum atomic E-state index is 0.703. The maximum atomic E-state index is 4.57. The van der Waals surface area contributed by atoms with Gasteiger partial charge in [-0.25, -0.2) is 9.50 Å². The highest BCUT2D eigenvalue weighted by Gasteiger charge is 2.20. The van der Waals surface area contributed by atoms with Crippen LogP contribution in [-0.2, 0) is 0 Å². The normalized spacial score (nSPS) is 18.8. The summed E-state index contributed by atoms with van der Waals surface area (Å²) in [7, 11) is 0. The molecule has 0 spiro atoms. The summed E-state index contributed by atoms with van der Waals surface area (Å²) in [6.45, 7) is 0. The second-order valence-electron chi connectivity index (χ2n) is 3.61. The Balaban J connectivity index is 2.02. The van der Waals surface area contributed by atoms with Crippen LogP contribution in [0.2, 0.25) is 0 Å². The van der Waals surface area contributed by atoms with Gasteiger partial charge in [0.15, 0.2) is 0 Å². The van der Waals surface area contributed by atoms with E-state index in [0.29, 0.717) is 5.92 Å². The van der Waals surface area contributed by atoms with Crippen LogP contribution in [0.5, 0.6) is 0 Å². The van der Waals surface area contributed by atoms with E-state index < -0.39 is 0 Å². The third kappa shape index (κ3) is 1.16. The van der Waals surface area contributed by atoms with E-state index >= 15 is 0 Å². The first-order valence-corrected chi connectivity index (χ1v) is 5.60. The standard InChI is InChI=1S/C9H11N3S/c1-2-4-7(3-1)8-5-12-9(11-8)13-6-10-12/h5-7H,1-4H2. The Morgan fingerprint density at radius 1 is 1.38 bits per heavy atom. The molecule has 13 heavy (non-hydrogen) atoms. The van der Waals surface area contributed by atoms with Crippen molar-refractivity contribution in [3.05, 3.63) is 17.4 Å². The molecule has 0 amide bonds. The van der Waals surface area contributed by atoms with Gasteiger partial charge in [0.05, 0.1) is 11.9 Å². The maximum Gasteiger partial charge on any atom is 0.212 e. The zero-order chi connectivity index (χ0) is 8.67. The third-order valence-corrected chi connectivity index (χ3v) is 3.47. The van der Waals surface area contributed by atoms with Crippen molar-refractivity contribution >= 4 is 16.3 Å². The number of hydrogen-bond acceptors (Lipinski definition) is 3. The van der Waals surface area contributed by atoms with Gasteiger partial charge in [-0.05, 0) is 12.8 Å². The summed E-state index contributed by atoms with van der Waals surface area (Å²) in [5.41, 5.74) is 3.08. The van der Waals surface area contributed by atoms with Crippen LogP contribution in [0, 0.1) is 0 Å². The summed E-state index contributed by atoms with van der Waals surface area (Å²) in [6.07, 6.45) is 7.43. The average molecular weight is 193 g/mol. The lowest BCUT2D eigenvalue weighted by Crippen LogP contribution is -1.91. The van der Waals surface area contributed by atoms with Gasteiger partial charge in [-0.15, -0.1) is 0 Å². The molecule has 3 nitrogen and oxygen atoms in total. The molecule has 2 aromatic rings. The van der Waals surface area contributed by atoms with Gasteiger partial charge in [0.25, 0.3) is 0 Å². The Bertz CT molecular complexity index is 383. The number of imidazole rings is 1. The van der Waals surface area contributed by atoms with Crippen molar-refractivity contribution in [2.45, 2.75) is 31.6 Å². The quantitative estimate of drug-likeness (QED) is 0.696. The fourth-order valence-electron chi connectivity index (χ4n) is 2.07. The molecule has 68 valence electrons. The van der Waals surface area contributed by atoms with Gasteiger partial charge in [0, 0.05) is 5.92 Å². The van der Waals surface area contributed by atoms with Crippen LogP contribution in [0.15, 0.2) is 11.7 Å². The monoisotopic (exact) mass is 193 g/mol. The smallest absolute Gasteiger partial charge is 0.212 e. The van der Waals surface area contributed by atoms with Gasteiger partial charge >= 0.3 is 0 Å². The van der Waals surface area contributed by atoms with E-state index in [0.717, 1.165) is 4.96 Å². The molecule has 0 aromatic carbocycles. The molecular formula is C9H11N3S. The molecule has 2 heterocycles. The molecule has 1 aliphatic rings. The molecule has 1 saturated carbocycles. The molecule has 1 fully saturated rings. The Hall–Kier alpha value is -0.900. The highest BCUT2D eigenvalue weighted by Crippen LogP contribution is 2.33.